The summed E-state index contributed by atoms with van der Waals surface area (Å²) in [6.07, 6.45) is 3.43. The third kappa shape index (κ3) is 4.22. The molecule has 0 unspecified atom stereocenters. The van der Waals surface area contributed by atoms with Crippen molar-refractivity contribution in [1.29, 1.82) is 0 Å². The molecule has 1 aliphatic rings. The fraction of sp³-hybridized carbons (Fsp3) is 0.625. The molecule has 1 N–H and O–H groups in total. The van der Waals surface area contributed by atoms with Crippen molar-refractivity contribution in [3.05, 3.63) is 29.3 Å². The molecule has 0 saturated carbocycles. The van der Waals surface area contributed by atoms with Crippen LogP contribution in [0.15, 0.2) is 18.2 Å². The number of para-hydroxylation sites is 1. The summed E-state index contributed by atoms with van der Waals surface area (Å²) in [5, 5.41) is 10.1. The number of aliphatic hydroxyl groups is 1. The molecule has 19 heavy (non-hydrogen) atoms. The van der Waals surface area contributed by atoms with Gasteiger partial charge in [0.1, 0.15) is 18.5 Å². The maximum atomic E-state index is 10.1. The number of aliphatic hydroxyl groups excluding tert-OH is 1. The SMILES string of the molecule is Cc1cccc(C)c1OC[C@H](O)CN1CCCCC1. The summed E-state index contributed by atoms with van der Waals surface area (Å²) in [5.74, 6) is 0.917. The first-order valence-corrected chi connectivity index (χ1v) is 7.26. The van der Waals surface area contributed by atoms with Crippen molar-refractivity contribution >= 4 is 0 Å². The Morgan fingerprint density at radius 3 is 2.42 bits per heavy atom. The second-order valence-electron chi connectivity index (χ2n) is 5.55. The zero-order valence-electron chi connectivity index (χ0n) is 12.1. The van der Waals surface area contributed by atoms with Gasteiger partial charge in [-0.3, -0.25) is 0 Å². The van der Waals surface area contributed by atoms with Crippen molar-refractivity contribution in [3.63, 3.8) is 0 Å². The first kappa shape index (κ1) is 14.4. The van der Waals surface area contributed by atoms with Crippen LogP contribution in [0.25, 0.3) is 0 Å². The standard InChI is InChI=1S/C16H25NO2/c1-13-7-6-8-14(2)16(13)19-12-15(18)11-17-9-4-3-5-10-17/h6-8,15,18H,3-5,9-12H2,1-2H3/t15-/m1/s1. The fourth-order valence-electron chi connectivity index (χ4n) is 2.70. The van der Waals surface area contributed by atoms with Gasteiger partial charge in [-0.25, -0.2) is 0 Å². The summed E-state index contributed by atoms with van der Waals surface area (Å²) in [5.41, 5.74) is 2.26. The van der Waals surface area contributed by atoms with Crippen LogP contribution in [0.2, 0.25) is 0 Å². The molecule has 0 aromatic heterocycles. The Morgan fingerprint density at radius 2 is 1.79 bits per heavy atom. The molecular formula is C16H25NO2. The lowest BCUT2D eigenvalue weighted by molar-refractivity contribution is 0.0613. The molecule has 1 aromatic rings. The maximum Gasteiger partial charge on any atom is 0.125 e. The van der Waals surface area contributed by atoms with Gasteiger partial charge in [0.05, 0.1) is 0 Å². The van der Waals surface area contributed by atoms with E-state index < -0.39 is 6.10 Å². The summed E-state index contributed by atoms with van der Waals surface area (Å²) in [6.45, 7) is 7.41. The number of nitrogens with zero attached hydrogens (tertiary/aromatic N) is 1. The summed E-state index contributed by atoms with van der Waals surface area (Å²) < 4.78 is 5.79. The molecule has 1 aliphatic heterocycles. The number of β-amino-alcohol motifs (C(OH)–C–C–N with tert-alkyl or cyclic N) is 1. The second kappa shape index (κ2) is 6.92. The largest absolute Gasteiger partial charge is 0.490 e. The normalized spacial score (nSPS) is 18.3. The highest BCUT2D eigenvalue weighted by atomic mass is 16.5. The number of piperidine rings is 1. The van der Waals surface area contributed by atoms with Gasteiger partial charge in [-0.2, -0.15) is 0 Å². The summed E-state index contributed by atoms with van der Waals surface area (Å²) in [4.78, 5) is 2.34. The molecule has 2 rings (SSSR count). The van der Waals surface area contributed by atoms with Crippen molar-refractivity contribution < 1.29 is 9.84 Å². The number of likely N-dealkylation sites (tertiary alicyclic amines) is 1. The van der Waals surface area contributed by atoms with Gasteiger partial charge in [-0.05, 0) is 50.9 Å². The van der Waals surface area contributed by atoms with E-state index in [4.69, 9.17) is 4.74 Å². The number of aryl methyl sites for hydroxylation is 2. The van der Waals surface area contributed by atoms with Crippen molar-refractivity contribution in [2.45, 2.75) is 39.2 Å². The average molecular weight is 263 g/mol. The average Bonchev–Trinajstić information content (AvgIpc) is 2.39. The molecule has 3 heteroatoms. The molecule has 1 saturated heterocycles. The van der Waals surface area contributed by atoms with E-state index in [1.807, 2.05) is 32.0 Å². The van der Waals surface area contributed by atoms with Gasteiger partial charge >= 0.3 is 0 Å². The van der Waals surface area contributed by atoms with Crippen molar-refractivity contribution in [2.24, 2.45) is 0 Å². The van der Waals surface area contributed by atoms with Crippen LogP contribution in [0.1, 0.15) is 30.4 Å². The quantitative estimate of drug-likeness (QED) is 0.886. The van der Waals surface area contributed by atoms with E-state index in [0.29, 0.717) is 6.61 Å². The molecule has 1 aromatic carbocycles. The van der Waals surface area contributed by atoms with Crippen LogP contribution in [0.5, 0.6) is 5.75 Å². The minimum atomic E-state index is -0.405. The monoisotopic (exact) mass is 263 g/mol. The predicted molar refractivity (Wildman–Crippen MR) is 77.7 cm³/mol. The highest BCUT2D eigenvalue weighted by molar-refractivity contribution is 5.39. The van der Waals surface area contributed by atoms with Crippen molar-refractivity contribution in [1.82, 2.24) is 4.90 Å². The molecule has 0 amide bonds. The molecule has 0 bridgehead atoms. The van der Waals surface area contributed by atoms with Crippen LogP contribution < -0.4 is 4.74 Å². The highest BCUT2D eigenvalue weighted by Crippen LogP contribution is 2.22. The highest BCUT2D eigenvalue weighted by Gasteiger charge is 2.15. The lowest BCUT2D eigenvalue weighted by atomic mass is 10.1. The summed E-state index contributed by atoms with van der Waals surface area (Å²) >= 11 is 0. The van der Waals surface area contributed by atoms with E-state index in [9.17, 15) is 5.11 Å². The number of hydrogen-bond donors (Lipinski definition) is 1. The third-order valence-electron chi connectivity index (χ3n) is 3.75. The van der Waals surface area contributed by atoms with Crippen molar-refractivity contribution in [2.75, 3.05) is 26.2 Å². The molecule has 0 radical (unpaired) electrons. The van der Waals surface area contributed by atoms with Gasteiger partial charge in [-0.15, -0.1) is 0 Å². The third-order valence-corrected chi connectivity index (χ3v) is 3.75. The molecule has 1 atom stereocenters. The first-order chi connectivity index (χ1) is 9.16. The van der Waals surface area contributed by atoms with Gasteiger partial charge in [0.25, 0.3) is 0 Å². The molecule has 0 aliphatic carbocycles. The fourth-order valence-corrected chi connectivity index (χ4v) is 2.70. The van der Waals surface area contributed by atoms with E-state index >= 15 is 0 Å². The van der Waals surface area contributed by atoms with Crippen LogP contribution in [0, 0.1) is 13.8 Å². The number of rotatable bonds is 5. The molecule has 1 heterocycles. The van der Waals surface area contributed by atoms with Crippen LogP contribution >= 0.6 is 0 Å². The Labute approximate surface area is 116 Å². The van der Waals surface area contributed by atoms with E-state index in [1.54, 1.807) is 0 Å². The number of ether oxygens (including phenoxy) is 1. The molecule has 0 spiro atoms. The van der Waals surface area contributed by atoms with Crippen LogP contribution in [-0.2, 0) is 0 Å². The van der Waals surface area contributed by atoms with Crippen LogP contribution in [0.4, 0.5) is 0 Å². The van der Waals surface area contributed by atoms with Gasteiger partial charge in [-0.1, -0.05) is 24.6 Å². The Kier molecular flexibility index (Phi) is 5.23. The summed E-state index contributed by atoms with van der Waals surface area (Å²) in [6, 6.07) is 6.11. The predicted octanol–water partition coefficient (Wildman–Crippen LogP) is 2.53. The van der Waals surface area contributed by atoms with Crippen LogP contribution in [-0.4, -0.2) is 42.4 Å². The van der Waals surface area contributed by atoms with Gasteiger partial charge < -0.3 is 14.7 Å². The smallest absolute Gasteiger partial charge is 0.125 e. The van der Waals surface area contributed by atoms with E-state index in [0.717, 1.165) is 36.5 Å². The Morgan fingerprint density at radius 1 is 1.16 bits per heavy atom. The topological polar surface area (TPSA) is 32.7 Å². The minimum absolute atomic E-state index is 0.377. The molecular weight excluding hydrogens is 238 g/mol. The van der Waals surface area contributed by atoms with Gasteiger partial charge in [0.2, 0.25) is 0 Å². The van der Waals surface area contributed by atoms with Gasteiger partial charge in [0.15, 0.2) is 0 Å². The van der Waals surface area contributed by atoms with E-state index in [-0.39, 0.29) is 0 Å². The molecule has 1 fully saturated rings. The zero-order chi connectivity index (χ0) is 13.7. The zero-order valence-corrected chi connectivity index (χ0v) is 12.1. The Hall–Kier alpha value is -1.06. The van der Waals surface area contributed by atoms with Gasteiger partial charge in [0, 0.05) is 6.54 Å². The first-order valence-electron chi connectivity index (χ1n) is 7.26. The summed E-state index contributed by atoms with van der Waals surface area (Å²) in [7, 11) is 0. The molecule has 3 nitrogen and oxygen atoms in total. The van der Waals surface area contributed by atoms with Crippen LogP contribution in [0.3, 0.4) is 0 Å². The Bertz CT molecular complexity index is 379. The second-order valence-corrected chi connectivity index (χ2v) is 5.55. The van der Waals surface area contributed by atoms with Crippen molar-refractivity contribution in [3.8, 4) is 5.75 Å². The minimum Gasteiger partial charge on any atom is -0.490 e. The number of hydrogen-bond acceptors (Lipinski definition) is 3. The lowest BCUT2D eigenvalue weighted by Gasteiger charge is -2.28. The maximum absolute atomic E-state index is 10.1. The Balaban J connectivity index is 1.81. The number of benzene rings is 1. The molecule has 106 valence electrons. The lowest BCUT2D eigenvalue weighted by Crippen LogP contribution is -2.38. The van der Waals surface area contributed by atoms with E-state index in [1.165, 1.54) is 19.3 Å². The van der Waals surface area contributed by atoms with E-state index in [2.05, 4.69) is 4.90 Å².